The van der Waals surface area contributed by atoms with Gasteiger partial charge in [0.25, 0.3) is 0 Å². The molecule has 0 saturated heterocycles. The molecule has 0 spiro atoms. The van der Waals surface area contributed by atoms with Crippen LogP contribution in [-0.2, 0) is 4.79 Å². The molecule has 2 aromatic carbocycles. The quantitative estimate of drug-likeness (QED) is 0.929. The summed E-state index contributed by atoms with van der Waals surface area (Å²) in [4.78, 5) is 11.1. The number of anilines is 1. The number of nitrogens with one attached hydrogen (secondary N) is 1. The molecule has 100 valence electrons. The van der Waals surface area contributed by atoms with Crippen molar-refractivity contribution in [3.05, 3.63) is 53.8 Å². The Morgan fingerprint density at radius 3 is 2.65 bits per heavy atom. The summed E-state index contributed by atoms with van der Waals surface area (Å²) < 4.78 is 19.2. The highest BCUT2D eigenvalue weighted by molar-refractivity contribution is 5.90. The van der Waals surface area contributed by atoms with Crippen LogP contribution in [0.3, 0.4) is 0 Å². The lowest BCUT2D eigenvalue weighted by Gasteiger charge is -2.11. The summed E-state index contributed by atoms with van der Waals surface area (Å²) in [6.45, 7) is 1.37. The third kappa shape index (κ3) is 3.12. The Hall–Kier alpha value is -2.87. The van der Waals surface area contributed by atoms with Gasteiger partial charge < -0.3 is 10.1 Å². The SMILES string of the molecule is CC(=O)Nc1ccccc1Oc1ccc(C#N)cc1F. The van der Waals surface area contributed by atoms with E-state index >= 15 is 0 Å². The van der Waals surface area contributed by atoms with Gasteiger partial charge in [0.05, 0.1) is 17.3 Å². The van der Waals surface area contributed by atoms with Crippen LogP contribution in [0.5, 0.6) is 11.5 Å². The third-order valence-electron chi connectivity index (χ3n) is 2.48. The van der Waals surface area contributed by atoms with Gasteiger partial charge in [-0.25, -0.2) is 4.39 Å². The second kappa shape index (κ2) is 5.85. The topological polar surface area (TPSA) is 62.1 Å². The highest BCUT2D eigenvalue weighted by atomic mass is 19.1. The van der Waals surface area contributed by atoms with Crippen molar-refractivity contribution < 1.29 is 13.9 Å². The number of hydrogen-bond donors (Lipinski definition) is 1. The van der Waals surface area contributed by atoms with E-state index in [9.17, 15) is 9.18 Å². The third-order valence-corrected chi connectivity index (χ3v) is 2.48. The fraction of sp³-hybridized carbons (Fsp3) is 0.0667. The number of amides is 1. The zero-order valence-electron chi connectivity index (χ0n) is 10.7. The van der Waals surface area contributed by atoms with E-state index in [1.807, 2.05) is 6.07 Å². The summed E-state index contributed by atoms with van der Waals surface area (Å²) in [5.74, 6) is -0.573. The number of benzene rings is 2. The lowest BCUT2D eigenvalue weighted by molar-refractivity contribution is -0.114. The number of nitrogens with zero attached hydrogens (tertiary/aromatic N) is 1. The van der Waals surface area contributed by atoms with Gasteiger partial charge in [-0.3, -0.25) is 4.79 Å². The van der Waals surface area contributed by atoms with Gasteiger partial charge >= 0.3 is 0 Å². The summed E-state index contributed by atoms with van der Waals surface area (Å²) in [6, 6.07) is 12.5. The molecule has 0 bridgehead atoms. The van der Waals surface area contributed by atoms with Crippen molar-refractivity contribution in [3.8, 4) is 17.6 Å². The first kappa shape index (κ1) is 13.6. The van der Waals surface area contributed by atoms with Crippen LogP contribution < -0.4 is 10.1 Å². The van der Waals surface area contributed by atoms with E-state index in [-0.39, 0.29) is 17.2 Å². The number of nitriles is 1. The van der Waals surface area contributed by atoms with Crippen molar-refractivity contribution in [1.82, 2.24) is 0 Å². The van der Waals surface area contributed by atoms with E-state index in [0.717, 1.165) is 6.07 Å². The number of carbonyl (C=O) groups excluding carboxylic acids is 1. The van der Waals surface area contributed by atoms with Crippen molar-refractivity contribution in [2.24, 2.45) is 0 Å². The van der Waals surface area contributed by atoms with Gasteiger partial charge in [-0.15, -0.1) is 0 Å². The normalized spacial score (nSPS) is 9.65. The summed E-state index contributed by atoms with van der Waals surface area (Å²) >= 11 is 0. The Balaban J connectivity index is 2.31. The molecular weight excluding hydrogens is 259 g/mol. The molecule has 20 heavy (non-hydrogen) atoms. The lowest BCUT2D eigenvalue weighted by atomic mass is 10.2. The van der Waals surface area contributed by atoms with Gasteiger partial charge in [0.15, 0.2) is 17.3 Å². The van der Waals surface area contributed by atoms with Crippen molar-refractivity contribution >= 4 is 11.6 Å². The van der Waals surface area contributed by atoms with E-state index in [2.05, 4.69) is 5.32 Å². The van der Waals surface area contributed by atoms with Gasteiger partial charge in [0.1, 0.15) is 0 Å². The van der Waals surface area contributed by atoms with Gasteiger partial charge in [-0.05, 0) is 30.3 Å². The fourth-order valence-corrected chi connectivity index (χ4v) is 1.62. The molecule has 1 amide bonds. The molecule has 0 aromatic heterocycles. The van der Waals surface area contributed by atoms with Crippen molar-refractivity contribution in [2.75, 3.05) is 5.32 Å². The first-order valence-electron chi connectivity index (χ1n) is 5.84. The smallest absolute Gasteiger partial charge is 0.221 e. The maximum absolute atomic E-state index is 13.8. The van der Waals surface area contributed by atoms with Gasteiger partial charge in [-0.2, -0.15) is 5.26 Å². The summed E-state index contributed by atoms with van der Waals surface area (Å²) in [7, 11) is 0. The number of hydrogen-bond acceptors (Lipinski definition) is 3. The Labute approximate surface area is 115 Å². The van der Waals surface area contributed by atoms with Crippen LogP contribution in [-0.4, -0.2) is 5.91 Å². The largest absolute Gasteiger partial charge is 0.452 e. The van der Waals surface area contributed by atoms with E-state index in [1.165, 1.54) is 19.1 Å². The molecule has 2 rings (SSSR count). The van der Waals surface area contributed by atoms with Crippen LogP contribution in [0.2, 0.25) is 0 Å². The Morgan fingerprint density at radius 1 is 1.25 bits per heavy atom. The number of rotatable bonds is 3. The highest BCUT2D eigenvalue weighted by Gasteiger charge is 2.09. The molecule has 0 radical (unpaired) electrons. The van der Waals surface area contributed by atoms with Crippen molar-refractivity contribution in [1.29, 1.82) is 5.26 Å². The standard InChI is InChI=1S/C15H11FN2O2/c1-10(19)18-13-4-2-3-5-15(13)20-14-7-6-11(9-17)8-12(14)16/h2-8H,1H3,(H,18,19). The van der Waals surface area contributed by atoms with Gasteiger partial charge in [-0.1, -0.05) is 12.1 Å². The molecule has 0 atom stereocenters. The Kier molecular flexibility index (Phi) is 3.96. The Morgan fingerprint density at radius 2 is 2.00 bits per heavy atom. The first-order chi connectivity index (χ1) is 9.60. The van der Waals surface area contributed by atoms with Crippen LogP contribution in [0.15, 0.2) is 42.5 Å². The number of carbonyl (C=O) groups is 1. The number of para-hydroxylation sites is 2. The molecule has 0 saturated carbocycles. The fourth-order valence-electron chi connectivity index (χ4n) is 1.62. The molecule has 0 unspecified atom stereocenters. The maximum Gasteiger partial charge on any atom is 0.221 e. The maximum atomic E-state index is 13.8. The molecule has 0 fully saturated rings. The van der Waals surface area contributed by atoms with E-state index < -0.39 is 5.82 Å². The van der Waals surface area contributed by atoms with Crippen molar-refractivity contribution in [2.45, 2.75) is 6.92 Å². The molecule has 4 nitrogen and oxygen atoms in total. The molecule has 0 aliphatic rings. The van der Waals surface area contributed by atoms with Crippen LogP contribution in [0.1, 0.15) is 12.5 Å². The van der Waals surface area contributed by atoms with E-state index in [1.54, 1.807) is 24.3 Å². The molecule has 0 heterocycles. The van der Waals surface area contributed by atoms with Crippen LogP contribution in [0.25, 0.3) is 0 Å². The minimum absolute atomic E-state index is 0.0122. The first-order valence-corrected chi connectivity index (χ1v) is 5.84. The summed E-state index contributed by atoms with van der Waals surface area (Å²) in [5.41, 5.74) is 0.661. The molecular formula is C15H11FN2O2. The lowest BCUT2D eigenvalue weighted by Crippen LogP contribution is -2.06. The van der Waals surface area contributed by atoms with Crippen LogP contribution in [0.4, 0.5) is 10.1 Å². The minimum Gasteiger partial charge on any atom is -0.452 e. The zero-order chi connectivity index (χ0) is 14.5. The molecule has 0 aliphatic carbocycles. The Bertz CT molecular complexity index is 693. The predicted molar refractivity (Wildman–Crippen MR) is 71.9 cm³/mol. The second-order valence-electron chi connectivity index (χ2n) is 4.04. The van der Waals surface area contributed by atoms with Gasteiger partial charge in [0, 0.05) is 6.92 Å². The number of halogens is 1. The average molecular weight is 270 g/mol. The molecule has 0 aliphatic heterocycles. The van der Waals surface area contributed by atoms with Crippen LogP contribution >= 0.6 is 0 Å². The molecule has 2 aromatic rings. The average Bonchev–Trinajstić information content (AvgIpc) is 2.42. The zero-order valence-corrected chi connectivity index (χ0v) is 10.7. The summed E-state index contributed by atoms with van der Waals surface area (Å²) in [6.07, 6.45) is 0. The predicted octanol–water partition coefficient (Wildman–Crippen LogP) is 3.45. The minimum atomic E-state index is -0.637. The number of ether oxygens (including phenoxy) is 1. The summed E-state index contributed by atoms with van der Waals surface area (Å²) in [5, 5.41) is 11.3. The highest BCUT2D eigenvalue weighted by Crippen LogP contribution is 2.31. The van der Waals surface area contributed by atoms with Crippen molar-refractivity contribution in [3.63, 3.8) is 0 Å². The van der Waals surface area contributed by atoms with Crippen LogP contribution in [0, 0.1) is 17.1 Å². The molecule has 1 N–H and O–H groups in total. The second-order valence-corrected chi connectivity index (χ2v) is 4.04. The van der Waals surface area contributed by atoms with E-state index in [4.69, 9.17) is 10.00 Å². The molecule has 5 heteroatoms. The monoisotopic (exact) mass is 270 g/mol. The van der Waals surface area contributed by atoms with Gasteiger partial charge in [0.2, 0.25) is 5.91 Å². The van der Waals surface area contributed by atoms with E-state index in [0.29, 0.717) is 11.4 Å².